The minimum atomic E-state index is -0.448. The lowest BCUT2D eigenvalue weighted by atomic mass is 10.2. The average Bonchev–Trinajstić information content (AvgIpc) is 2.25. The molecule has 2 heterocycles. The van der Waals surface area contributed by atoms with Gasteiger partial charge < -0.3 is 0 Å². The summed E-state index contributed by atoms with van der Waals surface area (Å²) in [5.74, 6) is -1.47. The van der Waals surface area contributed by atoms with Crippen molar-refractivity contribution in [3.63, 3.8) is 0 Å². The quantitative estimate of drug-likeness (QED) is 0.421. The zero-order valence-corrected chi connectivity index (χ0v) is 10.5. The van der Waals surface area contributed by atoms with Crippen LogP contribution in [0.3, 0.4) is 0 Å². The third kappa shape index (κ3) is 3.44. The highest BCUT2D eigenvalue weighted by Crippen LogP contribution is 2.03. The lowest BCUT2D eigenvalue weighted by Gasteiger charge is -2.29. The minimum Gasteiger partial charge on any atom is -0.294 e. The highest BCUT2D eigenvalue weighted by molar-refractivity contribution is 6.29. The Morgan fingerprint density at radius 1 is 1.16 bits per heavy atom. The van der Waals surface area contributed by atoms with E-state index in [-0.39, 0.29) is 43.4 Å². The Hall–Kier alpha value is -2.09. The molecule has 0 saturated carbocycles. The zero-order chi connectivity index (χ0) is 14.0. The molecule has 0 aromatic carbocycles. The fraction of sp³-hybridized carbons (Fsp3) is 0.545. The van der Waals surface area contributed by atoms with Crippen LogP contribution < -0.4 is 10.6 Å². The number of amides is 4. The number of nitrogens with zero attached hydrogens (tertiary/aromatic N) is 2. The summed E-state index contributed by atoms with van der Waals surface area (Å²) in [6.45, 7) is 2.63. The maximum absolute atomic E-state index is 11.3. The Morgan fingerprint density at radius 3 is 2.37 bits per heavy atom. The molecule has 2 aliphatic heterocycles. The molecule has 1 atom stereocenters. The molecule has 1 fully saturated rings. The van der Waals surface area contributed by atoms with Crippen LogP contribution in [-0.2, 0) is 19.2 Å². The fourth-order valence-corrected chi connectivity index (χ4v) is 2.15. The van der Waals surface area contributed by atoms with E-state index in [0.29, 0.717) is 6.54 Å². The van der Waals surface area contributed by atoms with Crippen molar-refractivity contribution in [3.05, 3.63) is 0 Å². The van der Waals surface area contributed by atoms with Gasteiger partial charge in [0, 0.05) is 0 Å². The first kappa shape index (κ1) is 13.3. The maximum atomic E-state index is 11.3. The van der Waals surface area contributed by atoms with Crippen molar-refractivity contribution in [1.82, 2.24) is 15.5 Å². The van der Waals surface area contributed by atoms with Crippen LogP contribution in [-0.4, -0.2) is 71.5 Å². The van der Waals surface area contributed by atoms with Crippen LogP contribution in [0.25, 0.3) is 0 Å². The normalized spacial score (nSPS) is 22.7. The molecule has 0 bridgehead atoms. The summed E-state index contributed by atoms with van der Waals surface area (Å²) in [6.07, 6.45) is 1.32. The van der Waals surface area contributed by atoms with Crippen LogP contribution in [0, 0.1) is 0 Å². The number of hydrogen-bond donors (Lipinski definition) is 2. The summed E-state index contributed by atoms with van der Waals surface area (Å²) in [7, 11) is 0. The van der Waals surface area contributed by atoms with Crippen molar-refractivity contribution in [2.24, 2.45) is 0 Å². The predicted molar refractivity (Wildman–Crippen MR) is 63.4 cm³/mol. The molecule has 2 rings (SSSR count). The fourth-order valence-electron chi connectivity index (χ4n) is 2.15. The second-order valence-electron chi connectivity index (χ2n) is 4.70. The Morgan fingerprint density at radius 2 is 1.79 bits per heavy atom. The van der Waals surface area contributed by atoms with Crippen LogP contribution in [0.4, 0.5) is 0 Å². The number of imide groups is 2. The van der Waals surface area contributed by atoms with E-state index in [1.807, 2.05) is 6.92 Å². The van der Waals surface area contributed by atoms with Gasteiger partial charge in [-0.25, -0.2) is 4.58 Å². The van der Waals surface area contributed by atoms with Gasteiger partial charge in [-0.15, -0.1) is 0 Å². The first-order valence-electron chi connectivity index (χ1n) is 5.93. The number of piperazine rings is 1. The standard InChI is InChI=1S/C11H14N4O4/c1-7(15-5-10(18)13-11(19)6-15)2-14-3-8(16)12-9(17)4-14/h3,7H,2,4-6H2,1H3,(H-,12,13,16,17,18,19)/p+1/t7-/m0/s1. The molecule has 8 heteroatoms. The van der Waals surface area contributed by atoms with E-state index in [1.165, 1.54) is 6.21 Å². The van der Waals surface area contributed by atoms with E-state index in [1.54, 1.807) is 9.48 Å². The first-order chi connectivity index (χ1) is 8.94. The molecule has 1 saturated heterocycles. The van der Waals surface area contributed by atoms with Crippen molar-refractivity contribution in [1.29, 1.82) is 0 Å². The van der Waals surface area contributed by atoms with Crippen LogP contribution in [0.1, 0.15) is 6.92 Å². The Labute approximate surface area is 109 Å². The highest BCUT2D eigenvalue weighted by atomic mass is 16.2. The number of nitrogens with one attached hydrogen (secondary N) is 2. The van der Waals surface area contributed by atoms with Crippen molar-refractivity contribution in [3.8, 4) is 0 Å². The SMILES string of the molecule is C[C@@H](C[N+]1=CC(=O)NC(=O)C1)N1CC(=O)NC(=O)C1. The molecular weight excluding hydrogens is 252 g/mol. The van der Waals surface area contributed by atoms with E-state index in [2.05, 4.69) is 10.6 Å². The monoisotopic (exact) mass is 267 g/mol. The molecule has 0 aromatic rings. The number of rotatable bonds is 3. The largest absolute Gasteiger partial charge is 0.314 e. The molecule has 2 N–H and O–H groups in total. The summed E-state index contributed by atoms with van der Waals surface area (Å²) in [6, 6.07) is -0.120. The van der Waals surface area contributed by atoms with Crippen LogP contribution in [0.2, 0.25) is 0 Å². The van der Waals surface area contributed by atoms with Crippen LogP contribution in [0.15, 0.2) is 0 Å². The van der Waals surface area contributed by atoms with Crippen LogP contribution in [0.5, 0.6) is 0 Å². The highest BCUT2D eigenvalue weighted by Gasteiger charge is 2.30. The van der Waals surface area contributed by atoms with Gasteiger partial charge in [0.2, 0.25) is 24.6 Å². The number of carbonyl (C=O) groups excluding carboxylic acids is 4. The van der Waals surface area contributed by atoms with E-state index < -0.39 is 5.91 Å². The summed E-state index contributed by atoms with van der Waals surface area (Å²) in [5.41, 5.74) is 0. The van der Waals surface area contributed by atoms with Gasteiger partial charge in [-0.05, 0) is 6.92 Å². The molecule has 8 nitrogen and oxygen atoms in total. The molecule has 0 radical (unpaired) electrons. The first-order valence-corrected chi connectivity index (χ1v) is 5.93. The minimum absolute atomic E-state index is 0.101. The van der Waals surface area contributed by atoms with Gasteiger partial charge in [0.25, 0.3) is 5.91 Å². The topological polar surface area (TPSA) is 98.6 Å². The lowest BCUT2D eigenvalue weighted by Crippen LogP contribution is -2.56. The van der Waals surface area contributed by atoms with E-state index >= 15 is 0 Å². The molecule has 0 aliphatic carbocycles. The Kier molecular flexibility index (Phi) is 3.70. The van der Waals surface area contributed by atoms with E-state index in [0.717, 1.165) is 0 Å². The van der Waals surface area contributed by atoms with E-state index in [4.69, 9.17) is 0 Å². The second-order valence-corrected chi connectivity index (χ2v) is 4.70. The molecule has 0 aromatic heterocycles. The van der Waals surface area contributed by atoms with Gasteiger partial charge in [-0.1, -0.05) is 0 Å². The lowest BCUT2D eigenvalue weighted by molar-refractivity contribution is -0.518. The average molecular weight is 267 g/mol. The zero-order valence-electron chi connectivity index (χ0n) is 10.5. The third-order valence-electron chi connectivity index (χ3n) is 3.00. The van der Waals surface area contributed by atoms with E-state index in [9.17, 15) is 19.2 Å². The molecule has 0 spiro atoms. The van der Waals surface area contributed by atoms with Gasteiger partial charge in [0.05, 0.1) is 19.1 Å². The molecule has 2 aliphatic rings. The van der Waals surface area contributed by atoms with Gasteiger partial charge in [-0.3, -0.25) is 34.7 Å². The third-order valence-corrected chi connectivity index (χ3v) is 3.00. The Balaban J connectivity index is 1.98. The summed E-state index contributed by atoms with van der Waals surface area (Å²) in [4.78, 5) is 46.7. The molecule has 19 heavy (non-hydrogen) atoms. The van der Waals surface area contributed by atoms with Gasteiger partial charge in [-0.2, -0.15) is 0 Å². The summed E-state index contributed by atoms with van der Waals surface area (Å²) in [5, 5.41) is 4.39. The molecule has 102 valence electrons. The number of hydrogen-bond acceptors (Lipinski definition) is 5. The van der Waals surface area contributed by atoms with Crippen molar-refractivity contribution in [2.75, 3.05) is 26.2 Å². The van der Waals surface area contributed by atoms with Crippen molar-refractivity contribution < 1.29 is 23.8 Å². The summed E-state index contributed by atoms with van der Waals surface area (Å²) < 4.78 is 1.59. The smallest absolute Gasteiger partial charge is 0.294 e. The van der Waals surface area contributed by atoms with Crippen LogP contribution >= 0.6 is 0 Å². The number of carbonyl (C=O) groups is 4. The van der Waals surface area contributed by atoms with Gasteiger partial charge in [0.1, 0.15) is 0 Å². The summed E-state index contributed by atoms with van der Waals surface area (Å²) >= 11 is 0. The molecule has 0 unspecified atom stereocenters. The van der Waals surface area contributed by atoms with Crippen molar-refractivity contribution in [2.45, 2.75) is 13.0 Å². The second kappa shape index (κ2) is 5.27. The molecular formula is C11H15N4O4+. The van der Waals surface area contributed by atoms with Gasteiger partial charge >= 0.3 is 5.91 Å². The predicted octanol–water partition coefficient (Wildman–Crippen LogP) is -2.93. The van der Waals surface area contributed by atoms with Crippen molar-refractivity contribution >= 4 is 29.8 Å². The van der Waals surface area contributed by atoms with Gasteiger partial charge in [0.15, 0.2) is 6.54 Å². The molecule has 4 amide bonds. The Bertz CT molecular complexity index is 469. The maximum Gasteiger partial charge on any atom is 0.314 e.